The molecule has 0 aromatic carbocycles. The molecule has 0 radical (unpaired) electrons. The first-order chi connectivity index (χ1) is 8.57. The molecule has 1 aromatic heterocycles. The molecule has 0 spiro atoms. The van der Waals surface area contributed by atoms with Crippen LogP contribution in [0, 0.1) is 6.92 Å². The minimum absolute atomic E-state index is 0.189. The van der Waals surface area contributed by atoms with Gasteiger partial charge in [-0.25, -0.2) is 0 Å². The third-order valence-corrected chi connectivity index (χ3v) is 2.58. The van der Waals surface area contributed by atoms with Crippen LogP contribution in [0.1, 0.15) is 35.9 Å². The van der Waals surface area contributed by atoms with E-state index in [2.05, 4.69) is 17.3 Å². The Hall–Kier alpha value is -1.56. The summed E-state index contributed by atoms with van der Waals surface area (Å²) in [6.07, 6.45) is 1.81. The van der Waals surface area contributed by atoms with Crippen molar-refractivity contribution in [3.8, 4) is 0 Å². The first kappa shape index (κ1) is 14.5. The second-order valence-electron chi connectivity index (χ2n) is 4.19. The zero-order valence-corrected chi connectivity index (χ0v) is 11.3. The van der Waals surface area contributed by atoms with Gasteiger partial charge in [0.05, 0.1) is 11.4 Å². The summed E-state index contributed by atoms with van der Waals surface area (Å²) in [7, 11) is 1.71. The minimum Gasteiger partial charge on any atom is -0.395 e. The summed E-state index contributed by atoms with van der Waals surface area (Å²) in [6.45, 7) is 5.85. The van der Waals surface area contributed by atoms with Crippen molar-refractivity contribution in [2.75, 3.05) is 25.5 Å². The number of amides is 1. The molecule has 0 fully saturated rings. The lowest BCUT2D eigenvalue weighted by molar-refractivity contribution is 0.0933. The first-order valence-electron chi connectivity index (χ1n) is 6.23. The highest BCUT2D eigenvalue weighted by Crippen LogP contribution is 2.14. The maximum Gasteiger partial charge on any atom is 0.271 e. The smallest absolute Gasteiger partial charge is 0.271 e. The number of aryl methyl sites for hydroxylation is 2. The van der Waals surface area contributed by atoms with Crippen molar-refractivity contribution >= 4 is 11.6 Å². The van der Waals surface area contributed by atoms with Crippen molar-refractivity contribution in [2.24, 2.45) is 7.05 Å². The lowest BCUT2D eigenvalue weighted by Gasteiger charge is -2.06. The van der Waals surface area contributed by atoms with E-state index in [0.717, 1.165) is 19.4 Å². The van der Waals surface area contributed by atoms with Gasteiger partial charge < -0.3 is 15.8 Å². The number of aromatic nitrogens is 2. The molecule has 1 aromatic rings. The van der Waals surface area contributed by atoms with E-state index in [1.165, 1.54) is 4.68 Å². The van der Waals surface area contributed by atoms with Crippen LogP contribution in [-0.4, -0.2) is 35.4 Å². The molecule has 0 saturated heterocycles. The Bertz CT molecular complexity index is 401. The topological polar surface area (TPSA) is 82.2 Å². The van der Waals surface area contributed by atoms with Crippen molar-refractivity contribution in [1.82, 2.24) is 15.1 Å². The highest BCUT2D eigenvalue weighted by atomic mass is 16.5. The number of rotatable bonds is 7. The van der Waals surface area contributed by atoms with E-state index in [9.17, 15) is 4.79 Å². The van der Waals surface area contributed by atoms with E-state index < -0.39 is 0 Å². The maximum absolute atomic E-state index is 11.9. The third kappa shape index (κ3) is 3.73. The van der Waals surface area contributed by atoms with Gasteiger partial charge in [0.1, 0.15) is 5.69 Å². The van der Waals surface area contributed by atoms with Crippen LogP contribution in [0.4, 0.5) is 5.69 Å². The van der Waals surface area contributed by atoms with Gasteiger partial charge in [-0.3, -0.25) is 9.48 Å². The van der Waals surface area contributed by atoms with Crippen LogP contribution in [0.25, 0.3) is 0 Å². The molecule has 3 N–H and O–H groups in total. The molecule has 0 aliphatic rings. The van der Waals surface area contributed by atoms with Gasteiger partial charge >= 0.3 is 0 Å². The second kappa shape index (κ2) is 7.00. The molecule has 18 heavy (non-hydrogen) atoms. The molecular weight excluding hydrogens is 232 g/mol. The van der Waals surface area contributed by atoms with Crippen molar-refractivity contribution in [2.45, 2.75) is 26.7 Å². The van der Waals surface area contributed by atoms with Crippen molar-refractivity contribution in [3.63, 3.8) is 0 Å². The predicted octanol–water partition coefficient (Wildman–Crippen LogP) is 0.857. The normalized spacial score (nSPS) is 10.6. The number of nitrogens with one attached hydrogen (secondary N) is 1. The third-order valence-electron chi connectivity index (χ3n) is 2.58. The number of carbonyl (C=O) groups excluding carboxylic acids is 1. The lowest BCUT2D eigenvalue weighted by atomic mass is 10.3. The SMILES string of the molecule is CCCOCCCNC(=O)c1c(N)c(C)nn1C. The van der Waals surface area contributed by atoms with Crippen LogP contribution >= 0.6 is 0 Å². The molecule has 6 nitrogen and oxygen atoms in total. The quantitative estimate of drug-likeness (QED) is 0.707. The summed E-state index contributed by atoms with van der Waals surface area (Å²) in [6, 6.07) is 0. The summed E-state index contributed by atoms with van der Waals surface area (Å²) in [5.41, 5.74) is 7.34. The number of carbonyl (C=O) groups is 1. The van der Waals surface area contributed by atoms with Gasteiger partial charge in [0.25, 0.3) is 5.91 Å². The Morgan fingerprint density at radius 2 is 2.22 bits per heavy atom. The van der Waals surface area contributed by atoms with Crippen LogP contribution < -0.4 is 11.1 Å². The summed E-state index contributed by atoms with van der Waals surface area (Å²) in [4.78, 5) is 11.9. The Balaban J connectivity index is 2.37. The van der Waals surface area contributed by atoms with E-state index in [-0.39, 0.29) is 5.91 Å². The minimum atomic E-state index is -0.189. The van der Waals surface area contributed by atoms with Crippen molar-refractivity contribution in [3.05, 3.63) is 11.4 Å². The van der Waals surface area contributed by atoms with Gasteiger partial charge in [-0.1, -0.05) is 6.92 Å². The lowest BCUT2D eigenvalue weighted by Crippen LogP contribution is -2.28. The summed E-state index contributed by atoms with van der Waals surface area (Å²) in [5.74, 6) is -0.189. The average Bonchev–Trinajstić information content (AvgIpc) is 2.58. The molecule has 1 rings (SSSR count). The summed E-state index contributed by atoms with van der Waals surface area (Å²) < 4.78 is 6.84. The van der Waals surface area contributed by atoms with E-state index in [0.29, 0.717) is 30.2 Å². The Kier molecular flexibility index (Phi) is 5.64. The van der Waals surface area contributed by atoms with E-state index in [1.54, 1.807) is 14.0 Å². The number of nitrogen functional groups attached to an aromatic ring is 1. The van der Waals surface area contributed by atoms with Gasteiger partial charge in [-0.2, -0.15) is 5.10 Å². The Morgan fingerprint density at radius 3 is 2.78 bits per heavy atom. The first-order valence-corrected chi connectivity index (χ1v) is 6.23. The van der Waals surface area contributed by atoms with E-state index in [1.807, 2.05) is 0 Å². The number of nitrogens with zero attached hydrogens (tertiary/aromatic N) is 2. The molecule has 0 atom stereocenters. The van der Waals surface area contributed by atoms with Gasteiger partial charge in [-0.15, -0.1) is 0 Å². The second-order valence-corrected chi connectivity index (χ2v) is 4.19. The number of ether oxygens (including phenoxy) is 1. The van der Waals surface area contributed by atoms with Gasteiger partial charge in [0.2, 0.25) is 0 Å². The van der Waals surface area contributed by atoms with Crippen LogP contribution in [0.5, 0.6) is 0 Å². The fraction of sp³-hybridized carbons (Fsp3) is 0.667. The molecule has 1 amide bonds. The summed E-state index contributed by atoms with van der Waals surface area (Å²) in [5, 5.41) is 6.92. The monoisotopic (exact) mass is 254 g/mol. The van der Waals surface area contributed by atoms with Crippen LogP contribution in [0.2, 0.25) is 0 Å². The molecule has 0 saturated carbocycles. The molecular formula is C12H22N4O2. The number of hydrogen-bond acceptors (Lipinski definition) is 4. The molecule has 0 aliphatic carbocycles. The maximum atomic E-state index is 11.9. The zero-order valence-electron chi connectivity index (χ0n) is 11.3. The van der Waals surface area contributed by atoms with Crippen molar-refractivity contribution < 1.29 is 9.53 Å². The summed E-state index contributed by atoms with van der Waals surface area (Å²) >= 11 is 0. The van der Waals surface area contributed by atoms with Crippen molar-refractivity contribution in [1.29, 1.82) is 0 Å². The van der Waals surface area contributed by atoms with Crippen LogP contribution in [0.3, 0.4) is 0 Å². The number of hydrogen-bond donors (Lipinski definition) is 2. The number of anilines is 1. The molecule has 102 valence electrons. The van der Waals surface area contributed by atoms with Crippen LogP contribution in [0.15, 0.2) is 0 Å². The fourth-order valence-corrected chi connectivity index (χ4v) is 1.65. The van der Waals surface area contributed by atoms with Crippen LogP contribution in [-0.2, 0) is 11.8 Å². The largest absolute Gasteiger partial charge is 0.395 e. The molecule has 0 bridgehead atoms. The molecule has 0 unspecified atom stereocenters. The standard InChI is InChI=1S/C12H22N4O2/c1-4-7-18-8-5-6-14-12(17)11-10(13)9(2)15-16(11)3/h4-8,13H2,1-3H3,(H,14,17). The molecule has 1 heterocycles. The highest BCUT2D eigenvalue weighted by molar-refractivity contribution is 5.97. The predicted molar refractivity (Wildman–Crippen MR) is 70.4 cm³/mol. The average molecular weight is 254 g/mol. The van der Waals surface area contributed by atoms with E-state index in [4.69, 9.17) is 10.5 Å². The zero-order chi connectivity index (χ0) is 13.5. The Labute approximate surface area is 107 Å². The fourth-order valence-electron chi connectivity index (χ4n) is 1.65. The van der Waals surface area contributed by atoms with Gasteiger partial charge in [-0.05, 0) is 19.8 Å². The van der Waals surface area contributed by atoms with Gasteiger partial charge in [0, 0.05) is 26.8 Å². The van der Waals surface area contributed by atoms with Gasteiger partial charge in [0.15, 0.2) is 0 Å². The number of nitrogens with two attached hydrogens (primary N) is 1. The highest BCUT2D eigenvalue weighted by Gasteiger charge is 2.16. The Morgan fingerprint density at radius 1 is 1.50 bits per heavy atom. The molecule has 0 aliphatic heterocycles. The van der Waals surface area contributed by atoms with E-state index >= 15 is 0 Å². The molecule has 6 heteroatoms.